The van der Waals surface area contributed by atoms with E-state index < -0.39 is 0 Å². The van der Waals surface area contributed by atoms with E-state index in [2.05, 4.69) is 15.9 Å². The number of nitrogens with zero attached hydrogens (tertiary/aromatic N) is 3. The molecular formula is C18H24ClN3O3S. The summed E-state index contributed by atoms with van der Waals surface area (Å²) in [6.45, 7) is 4.95. The largest absolute Gasteiger partial charge is 0.468 e. The van der Waals surface area contributed by atoms with Crippen molar-refractivity contribution in [3.63, 3.8) is 0 Å². The van der Waals surface area contributed by atoms with Crippen LogP contribution in [0.5, 0.6) is 0 Å². The fourth-order valence-corrected chi connectivity index (χ4v) is 4.59. The van der Waals surface area contributed by atoms with Crippen LogP contribution in [0.2, 0.25) is 5.02 Å². The fourth-order valence-electron chi connectivity index (χ4n) is 3.28. The maximum absolute atomic E-state index is 12.6. The number of benzene rings is 1. The number of thioether (sulfide) groups is 1. The first-order chi connectivity index (χ1) is 12.6. The molecule has 1 aromatic carbocycles. The van der Waals surface area contributed by atoms with Crippen LogP contribution in [0.4, 0.5) is 5.69 Å². The van der Waals surface area contributed by atoms with Crippen LogP contribution in [0.1, 0.15) is 0 Å². The second-order valence-corrected chi connectivity index (χ2v) is 8.21. The van der Waals surface area contributed by atoms with Gasteiger partial charge >= 0.3 is 5.97 Å². The summed E-state index contributed by atoms with van der Waals surface area (Å²) in [7, 11) is 1.39. The quantitative estimate of drug-likeness (QED) is 0.719. The minimum Gasteiger partial charge on any atom is -0.468 e. The normalized spacial score (nSPS) is 21.5. The zero-order valence-corrected chi connectivity index (χ0v) is 16.5. The number of anilines is 1. The summed E-state index contributed by atoms with van der Waals surface area (Å²) in [5, 5.41) is 0.473. The van der Waals surface area contributed by atoms with Gasteiger partial charge in [-0.25, -0.2) is 0 Å². The summed E-state index contributed by atoms with van der Waals surface area (Å²) < 4.78 is 4.81. The average molecular weight is 398 g/mol. The number of carbonyl (C=O) groups excluding carboxylic acids is 2. The molecule has 142 valence electrons. The summed E-state index contributed by atoms with van der Waals surface area (Å²) in [6.07, 6.45) is 0. The summed E-state index contributed by atoms with van der Waals surface area (Å²) in [4.78, 5) is 30.6. The second-order valence-electron chi connectivity index (χ2n) is 6.47. The average Bonchev–Trinajstić information content (AvgIpc) is 2.68. The number of hydrogen-bond acceptors (Lipinski definition) is 6. The van der Waals surface area contributed by atoms with Crippen LogP contribution in [0.15, 0.2) is 24.3 Å². The molecule has 1 aromatic rings. The van der Waals surface area contributed by atoms with Crippen molar-refractivity contribution in [1.82, 2.24) is 9.80 Å². The lowest BCUT2D eigenvalue weighted by Crippen LogP contribution is -2.52. The van der Waals surface area contributed by atoms with Gasteiger partial charge in [-0.3, -0.25) is 14.5 Å². The molecule has 2 aliphatic heterocycles. The maximum Gasteiger partial charge on any atom is 0.320 e. The highest BCUT2D eigenvalue weighted by atomic mass is 35.5. The molecule has 0 unspecified atom stereocenters. The number of amides is 1. The van der Waals surface area contributed by atoms with Gasteiger partial charge < -0.3 is 14.5 Å². The van der Waals surface area contributed by atoms with E-state index in [9.17, 15) is 9.59 Å². The predicted molar refractivity (Wildman–Crippen MR) is 105 cm³/mol. The van der Waals surface area contributed by atoms with Crippen LogP contribution < -0.4 is 4.90 Å². The Bertz CT molecular complexity index is 652. The number of carbonyl (C=O) groups is 2. The van der Waals surface area contributed by atoms with Crippen molar-refractivity contribution in [2.45, 2.75) is 5.25 Å². The Morgan fingerprint density at radius 1 is 1.23 bits per heavy atom. The molecule has 0 bridgehead atoms. The van der Waals surface area contributed by atoms with E-state index in [-0.39, 0.29) is 17.1 Å². The monoisotopic (exact) mass is 397 g/mol. The maximum atomic E-state index is 12.6. The van der Waals surface area contributed by atoms with E-state index in [1.165, 1.54) is 7.11 Å². The fraction of sp³-hybridized carbons (Fsp3) is 0.556. The van der Waals surface area contributed by atoms with Gasteiger partial charge in [0.1, 0.15) is 5.25 Å². The number of rotatable bonds is 4. The zero-order valence-electron chi connectivity index (χ0n) is 14.9. The first-order valence-electron chi connectivity index (χ1n) is 8.77. The molecule has 1 amide bonds. The molecular weight excluding hydrogens is 374 g/mol. The van der Waals surface area contributed by atoms with Gasteiger partial charge in [0.25, 0.3) is 0 Å². The standard InChI is InChI=1S/C18H24ClN3O3S/c1-25-18(24)16-12-22(9-10-26-16)17(23)13-20-5-7-21(8-6-20)15-4-2-3-14(19)11-15/h2-4,11,16H,5-10,12-13H2,1H3/t16-/m1/s1. The lowest BCUT2D eigenvalue weighted by molar-refractivity contribution is -0.141. The smallest absolute Gasteiger partial charge is 0.320 e. The van der Waals surface area contributed by atoms with Crippen molar-refractivity contribution < 1.29 is 14.3 Å². The molecule has 0 spiro atoms. The zero-order chi connectivity index (χ0) is 18.5. The van der Waals surface area contributed by atoms with Gasteiger partial charge in [0.05, 0.1) is 13.7 Å². The third-order valence-electron chi connectivity index (χ3n) is 4.79. The molecule has 3 rings (SSSR count). The molecule has 8 heteroatoms. The molecule has 1 atom stereocenters. The van der Waals surface area contributed by atoms with Gasteiger partial charge in [-0.2, -0.15) is 0 Å². The van der Waals surface area contributed by atoms with E-state index in [1.54, 1.807) is 16.7 Å². The molecule has 0 N–H and O–H groups in total. The van der Waals surface area contributed by atoms with Crippen molar-refractivity contribution in [2.75, 3.05) is 63.6 Å². The molecule has 0 aliphatic carbocycles. The molecule has 0 aromatic heterocycles. The molecule has 0 radical (unpaired) electrons. The van der Waals surface area contributed by atoms with E-state index in [0.717, 1.165) is 42.6 Å². The van der Waals surface area contributed by atoms with Crippen molar-refractivity contribution in [2.24, 2.45) is 0 Å². The molecule has 6 nitrogen and oxygen atoms in total. The summed E-state index contributed by atoms with van der Waals surface area (Å²) in [6, 6.07) is 7.86. The predicted octanol–water partition coefficient (Wildman–Crippen LogP) is 1.58. The minimum atomic E-state index is -0.266. The van der Waals surface area contributed by atoms with Gasteiger partial charge in [-0.1, -0.05) is 17.7 Å². The Hall–Kier alpha value is -1.44. The number of halogens is 1. The van der Waals surface area contributed by atoms with Gasteiger partial charge in [-0.05, 0) is 18.2 Å². The topological polar surface area (TPSA) is 53.1 Å². The second kappa shape index (κ2) is 8.97. The summed E-state index contributed by atoms with van der Waals surface area (Å²) >= 11 is 7.63. The first kappa shape index (κ1) is 19.3. The van der Waals surface area contributed by atoms with E-state index in [4.69, 9.17) is 16.3 Å². The number of hydrogen-bond donors (Lipinski definition) is 0. The van der Waals surface area contributed by atoms with E-state index in [0.29, 0.717) is 19.6 Å². The summed E-state index contributed by atoms with van der Waals surface area (Å²) in [5.41, 5.74) is 1.12. The highest BCUT2D eigenvalue weighted by Crippen LogP contribution is 2.22. The van der Waals surface area contributed by atoms with Crippen LogP contribution in [-0.4, -0.2) is 85.6 Å². The Balaban J connectivity index is 1.48. The van der Waals surface area contributed by atoms with Crippen LogP contribution >= 0.6 is 23.4 Å². The Kier molecular flexibility index (Phi) is 6.67. The molecule has 2 fully saturated rings. The van der Waals surface area contributed by atoms with Crippen molar-refractivity contribution in [3.8, 4) is 0 Å². The third-order valence-corrected chi connectivity index (χ3v) is 6.19. The van der Waals surface area contributed by atoms with Crippen molar-refractivity contribution >= 4 is 40.9 Å². The van der Waals surface area contributed by atoms with Crippen LogP contribution in [0.3, 0.4) is 0 Å². The van der Waals surface area contributed by atoms with Crippen molar-refractivity contribution in [3.05, 3.63) is 29.3 Å². The molecule has 2 saturated heterocycles. The van der Waals surface area contributed by atoms with Gasteiger partial charge in [0.2, 0.25) is 5.91 Å². The Morgan fingerprint density at radius 2 is 2.00 bits per heavy atom. The van der Waals surface area contributed by atoms with Crippen molar-refractivity contribution in [1.29, 1.82) is 0 Å². The van der Waals surface area contributed by atoms with Crippen LogP contribution in [0, 0.1) is 0 Å². The van der Waals surface area contributed by atoms with Crippen LogP contribution in [0.25, 0.3) is 0 Å². The van der Waals surface area contributed by atoms with Crippen LogP contribution in [-0.2, 0) is 14.3 Å². The number of piperazine rings is 1. The van der Waals surface area contributed by atoms with Gasteiger partial charge in [0, 0.05) is 55.7 Å². The Morgan fingerprint density at radius 3 is 2.69 bits per heavy atom. The van der Waals surface area contributed by atoms with Gasteiger partial charge in [-0.15, -0.1) is 11.8 Å². The lowest BCUT2D eigenvalue weighted by atomic mass is 10.2. The number of ether oxygens (including phenoxy) is 1. The SMILES string of the molecule is COC(=O)[C@H]1CN(C(=O)CN2CCN(c3cccc(Cl)c3)CC2)CCS1. The lowest BCUT2D eigenvalue weighted by Gasteiger charge is -2.37. The van der Waals surface area contributed by atoms with E-state index in [1.807, 2.05) is 18.2 Å². The van der Waals surface area contributed by atoms with Gasteiger partial charge in [0.15, 0.2) is 0 Å². The molecule has 0 saturated carbocycles. The minimum absolute atomic E-state index is 0.0930. The van der Waals surface area contributed by atoms with E-state index >= 15 is 0 Å². The molecule has 2 heterocycles. The molecule has 2 aliphatic rings. The highest BCUT2D eigenvalue weighted by molar-refractivity contribution is 8.00. The third kappa shape index (κ3) is 4.84. The number of esters is 1. The summed E-state index contributed by atoms with van der Waals surface area (Å²) in [5.74, 6) is 0.617. The first-order valence-corrected chi connectivity index (χ1v) is 10.2. The highest BCUT2D eigenvalue weighted by Gasteiger charge is 2.30. The molecule has 26 heavy (non-hydrogen) atoms. The number of methoxy groups -OCH3 is 1. The Labute approximate surface area is 163 Å².